The molecule has 0 radical (unpaired) electrons. The van der Waals surface area contributed by atoms with Gasteiger partial charge in [-0.3, -0.25) is 9.59 Å². The van der Waals surface area contributed by atoms with Gasteiger partial charge in [0.2, 0.25) is 0 Å². The Morgan fingerprint density at radius 3 is 2.46 bits per heavy atom. The summed E-state index contributed by atoms with van der Waals surface area (Å²) < 4.78 is 1.81. The molecule has 0 aliphatic heterocycles. The van der Waals surface area contributed by atoms with Gasteiger partial charge in [-0.1, -0.05) is 0 Å². The van der Waals surface area contributed by atoms with Crippen molar-refractivity contribution < 1.29 is 9.90 Å². The minimum atomic E-state index is -0.833. The van der Waals surface area contributed by atoms with Crippen molar-refractivity contribution in [2.75, 3.05) is 0 Å². The maximum absolute atomic E-state index is 10.8. The van der Waals surface area contributed by atoms with Gasteiger partial charge in [0.1, 0.15) is 0 Å². The summed E-state index contributed by atoms with van der Waals surface area (Å²) in [7, 11) is 1.60. The highest BCUT2D eigenvalue weighted by molar-refractivity contribution is 9.10. The molecule has 0 aromatic carbocycles. The smallest absolute Gasteiger partial charge is 0.300 e. The molecular weight excluding hydrogens is 240 g/mol. The summed E-state index contributed by atoms with van der Waals surface area (Å²) in [6.07, 6.45) is 1.56. The Balaban J connectivity index is 0.000000310. The molecule has 0 aliphatic carbocycles. The zero-order valence-corrected chi connectivity index (χ0v) is 8.78. The lowest BCUT2D eigenvalue weighted by molar-refractivity contribution is -0.134. The lowest BCUT2D eigenvalue weighted by Gasteiger charge is -1.92. The fourth-order valence-corrected chi connectivity index (χ4v) is 0.852. The Hall–Kier alpha value is -1.17. The quantitative estimate of drug-likeness (QED) is 0.732. The number of aryl methyl sites for hydroxylation is 1. The standard InChI is InChI=1S/C5H5BrN2O.C2H4O2/c1-8-5(9)4(6)2-3-7-8;1-2(3)4/h2-3H,1H3;1H3,(H,3,4). The molecule has 1 heterocycles. The van der Waals surface area contributed by atoms with E-state index in [1.165, 1.54) is 4.68 Å². The first kappa shape index (κ1) is 11.8. The van der Waals surface area contributed by atoms with E-state index < -0.39 is 5.97 Å². The number of hydrogen-bond donors (Lipinski definition) is 1. The largest absolute Gasteiger partial charge is 0.481 e. The highest BCUT2D eigenvalue weighted by Crippen LogP contribution is 1.96. The molecule has 0 saturated heterocycles. The van der Waals surface area contributed by atoms with Crippen molar-refractivity contribution in [3.63, 3.8) is 0 Å². The van der Waals surface area contributed by atoms with Crippen LogP contribution in [0.1, 0.15) is 6.92 Å². The second-order valence-corrected chi connectivity index (χ2v) is 2.98. The van der Waals surface area contributed by atoms with Crippen LogP contribution in [0.5, 0.6) is 0 Å². The third-order valence-corrected chi connectivity index (χ3v) is 1.56. The average Bonchev–Trinajstić information content (AvgIpc) is 1.99. The number of nitrogens with zero attached hydrogens (tertiary/aromatic N) is 2. The Labute approximate surface area is 83.1 Å². The predicted octanol–water partition coefficient (Wildman–Crippen LogP) is 0.634. The van der Waals surface area contributed by atoms with E-state index in [2.05, 4.69) is 21.0 Å². The van der Waals surface area contributed by atoms with Gasteiger partial charge in [0.15, 0.2) is 0 Å². The van der Waals surface area contributed by atoms with E-state index in [-0.39, 0.29) is 5.56 Å². The second kappa shape index (κ2) is 5.47. The van der Waals surface area contributed by atoms with Gasteiger partial charge in [0.25, 0.3) is 11.5 Å². The highest BCUT2D eigenvalue weighted by atomic mass is 79.9. The van der Waals surface area contributed by atoms with Crippen molar-refractivity contribution in [1.82, 2.24) is 9.78 Å². The van der Waals surface area contributed by atoms with E-state index in [4.69, 9.17) is 9.90 Å². The summed E-state index contributed by atoms with van der Waals surface area (Å²) in [5, 5.41) is 11.1. The number of rotatable bonds is 0. The normalized spacial score (nSPS) is 8.54. The summed E-state index contributed by atoms with van der Waals surface area (Å²) in [6, 6.07) is 1.61. The topological polar surface area (TPSA) is 72.2 Å². The first-order chi connectivity index (χ1) is 5.95. The van der Waals surface area contributed by atoms with Crippen LogP contribution < -0.4 is 5.56 Å². The van der Waals surface area contributed by atoms with Gasteiger partial charge in [-0.15, -0.1) is 0 Å². The molecule has 1 aromatic heterocycles. The van der Waals surface area contributed by atoms with Crippen molar-refractivity contribution in [2.24, 2.45) is 7.05 Å². The van der Waals surface area contributed by atoms with E-state index in [9.17, 15) is 4.79 Å². The number of halogens is 1. The van der Waals surface area contributed by atoms with Gasteiger partial charge < -0.3 is 5.11 Å². The Bertz CT molecular complexity index is 321. The fourth-order valence-electron chi connectivity index (χ4n) is 0.477. The maximum atomic E-state index is 10.8. The number of aliphatic carboxylic acids is 1. The predicted molar refractivity (Wildman–Crippen MR) is 50.5 cm³/mol. The van der Waals surface area contributed by atoms with Crippen LogP contribution in [0, 0.1) is 0 Å². The lowest BCUT2D eigenvalue weighted by Crippen LogP contribution is -2.18. The van der Waals surface area contributed by atoms with Crippen molar-refractivity contribution in [3.05, 3.63) is 27.1 Å². The summed E-state index contributed by atoms with van der Waals surface area (Å²) in [6.45, 7) is 1.08. The number of carbonyl (C=O) groups is 1. The average molecular weight is 249 g/mol. The molecule has 0 bridgehead atoms. The Kier molecular flexibility index (Phi) is 4.98. The van der Waals surface area contributed by atoms with Crippen LogP contribution in [0.3, 0.4) is 0 Å². The van der Waals surface area contributed by atoms with E-state index in [1.807, 2.05) is 0 Å². The number of carboxylic acids is 1. The molecule has 72 valence electrons. The molecule has 0 amide bonds. The van der Waals surface area contributed by atoms with Crippen LogP contribution in [0.25, 0.3) is 0 Å². The fraction of sp³-hybridized carbons (Fsp3) is 0.286. The van der Waals surface area contributed by atoms with Gasteiger partial charge >= 0.3 is 0 Å². The van der Waals surface area contributed by atoms with E-state index in [0.717, 1.165) is 6.92 Å². The van der Waals surface area contributed by atoms with Crippen LogP contribution in [0.15, 0.2) is 21.5 Å². The van der Waals surface area contributed by atoms with Gasteiger partial charge in [-0.2, -0.15) is 5.10 Å². The number of carboxylic acid groups (broad SMARTS) is 1. The molecule has 0 unspecified atom stereocenters. The molecule has 5 nitrogen and oxygen atoms in total. The maximum Gasteiger partial charge on any atom is 0.300 e. The highest BCUT2D eigenvalue weighted by Gasteiger charge is 1.93. The Morgan fingerprint density at radius 2 is 2.15 bits per heavy atom. The van der Waals surface area contributed by atoms with E-state index in [0.29, 0.717) is 4.47 Å². The van der Waals surface area contributed by atoms with Crippen LogP contribution in [-0.4, -0.2) is 20.9 Å². The molecule has 1 N–H and O–H groups in total. The van der Waals surface area contributed by atoms with Crippen molar-refractivity contribution >= 4 is 21.9 Å². The third kappa shape index (κ3) is 5.13. The monoisotopic (exact) mass is 248 g/mol. The summed E-state index contributed by atoms with van der Waals surface area (Å²) in [5.41, 5.74) is -0.113. The van der Waals surface area contributed by atoms with Crippen molar-refractivity contribution in [2.45, 2.75) is 6.92 Å². The van der Waals surface area contributed by atoms with Crippen LogP contribution >= 0.6 is 15.9 Å². The molecule has 1 rings (SSSR count). The molecule has 1 aromatic rings. The zero-order valence-electron chi connectivity index (χ0n) is 7.19. The second-order valence-electron chi connectivity index (χ2n) is 2.13. The minimum Gasteiger partial charge on any atom is -0.481 e. The first-order valence-corrected chi connectivity index (χ1v) is 4.11. The van der Waals surface area contributed by atoms with Crippen molar-refractivity contribution in [1.29, 1.82) is 0 Å². The molecule has 6 heteroatoms. The lowest BCUT2D eigenvalue weighted by atomic mass is 10.6. The molecule has 0 atom stereocenters. The zero-order chi connectivity index (χ0) is 10.4. The molecule has 0 spiro atoms. The number of hydrogen-bond acceptors (Lipinski definition) is 3. The van der Waals surface area contributed by atoms with Crippen LogP contribution in [0.2, 0.25) is 0 Å². The minimum absolute atomic E-state index is 0.113. The van der Waals surface area contributed by atoms with E-state index >= 15 is 0 Å². The van der Waals surface area contributed by atoms with Crippen LogP contribution in [-0.2, 0) is 11.8 Å². The van der Waals surface area contributed by atoms with Gasteiger partial charge in [0.05, 0.1) is 4.47 Å². The molecule has 0 saturated carbocycles. The van der Waals surface area contributed by atoms with Gasteiger partial charge in [-0.25, -0.2) is 4.68 Å². The summed E-state index contributed by atoms with van der Waals surface area (Å²) in [5.74, 6) is -0.833. The number of aromatic nitrogens is 2. The summed E-state index contributed by atoms with van der Waals surface area (Å²) >= 11 is 3.07. The molecule has 0 fully saturated rings. The summed E-state index contributed by atoms with van der Waals surface area (Å²) in [4.78, 5) is 19.8. The van der Waals surface area contributed by atoms with E-state index in [1.54, 1.807) is 19.3 Å². The Morgan fingerprint density at radius 1 is 1.69 bits per heavy atom. The van der Waals surface area contributed by atoms with Crippen molar-refractivity contribution in [3.8, 4) is 0 Å². The van der Waals surface area contributed by atoms with Gasteiger partial charge in [-0.05, 0) is 22.0 Å². The molecule has 13 heavy (non-hydrogen) atoms. The first-order valence-electron chi connectivity index (χ1n) is 3.32. The third-order valence-electron chi connectivity index (χ3n) is 0.959. The SMILES string of the molecule is CC(=O)O.Cn1nccc(Br)c1=O. The van der Waals surface area contributed by atoms with Crippen LogP contribution in [0.4, 0.5) is 0 Å². The molecule has 0 aliphatic rings. The molecular formula is C7H9BrN2O3. The van der Waals surface area contributed by atoms with Gasteiger partial charge in [0, 0.05) is 20.2 Å².